The van der Waals surface area contributed by atoms with E-state index in [0.717, 1.165) is 11.1 Å². The zero-order valence-electron chi connectivity index (χ0n) is 15.8. The Morgan fingerprint density at radius 1 is 0.926 bits per heavy atom. The van der Waals surface area contributed by atoms with Crippen LogP contribution in [0.3, 0.4) is 0 Å². The molecule has 1 unspecified atom stereocenters. The molecule has 0 spiro atoms. The van der Waals surface area contributed by atoms with Gasteiger partial charge < -0.3 is 9.47 Å². The third-order valence-corrected chi connectivity index (χ3v) is 4.20. The fraction of sp³-hybridized carbons (Fsp3) is 0.227. The van der Waals surface area contributed by atoms with Crippen LogP contribution in [0.15, 0.2) is 48.5 Å². The normalized spacial score (nSPS) is 11.9. The number of benzene rings is 2. The van der Waals surface area contributed by atoms with Crippen LogP contribution in [0.1, 0.15) is 44.3 Å². The topological polar surface area (TPSA) is 69.7 Å². The Labute approximate surface area is 158 Å². The fourth-order valence-corrected chi connectivity index (χ4v) is 2.41. The van der Waals surface area contributed by atoms with E-state index in [1.165, 1.54) is 13.2 Å². The van der Waals surface area contributed by atoms with E-state index in [-0.39, 0.29) is 5.78 Å². The number of ketones is 1. The Balaban J connectivity index is 1.97. The molecule has 0 aliphatic carbocycles. The molecule has 0 aromatic heterocycles. The van der Waals surface area contributed by atoms with Gasteiger partial charge in [-0.2, -0.15) is 0 Å². The first kappa shape index (κ1) is 20.1. The summed E-state index contributed by atoms with van der Waals surface area (Å²) in [5, 5.41) is 0. The van der Waals surface area contributed by atoms with Crippen LogP contribution in [0.2, 0.25) is 0 Å². The SMILES string of the molecule is COC(=O)c1ccc(/C=C/C(=O)OC(C)C(=O)c2ccc(C)c(C)c2)cc1. The molecule has 140 valence electrons. The van der Waals surface area contributed by atoms with Crippen LogP contribution >= 0.6 is 0 Å². The third-order valence-electron chi connectivity index (χ3n) is 4.20. The summed E-state index contributed by atoms with van der Waals surface area (Å²) in [6, 6.07) is 12.0. The first-order chi connectivity index (χ1) is 12.8. The summed E-state index contributed by atoms with van der Waals surface area (Å²) < 4.78 is 9.82. The lowest BCUT2D eigenvalue weighted by Gasteiger charge is -2.12. The van der Waals surface area contributed by atoms with Gasteiger partial charge in [0, 0.05) is 11.6 Å². The highest BCUT2D eigenvalue weighted by Crippen LogP contribution is 2.13. The van der Waals surface area contributed by atoms with E-state index >= 15 is 0 Å². The summed E-state index contributed by atoms with van der Waals surface area (Å²) in [4.78, 5) is 35.8. The van der Waals surface area contributed by atoms with Gasteiger partial charge in [0.2, 0.25) is 5.78 Å². The van der Waals surface area contributed by atoms with Crippen LogP contribution in [0, 0.1) is 13.8 Å². The van der Waals surface area contributed by atoms with Gasteiger partial charge in [0.1, 0.15) is 0 Å². The molecule has 2 aromatic carbocycles. The summed E-state index contributed by atoms with van der Waals surface area (Å²) in [5.74, 6) is -1.29. The lowest BCUT2D eigenvalue weighted by molar-refractivity contribution is -0.140. The van der Waals surface area contributed by atoms with E-state index in [4.69, 9.17) is 4.74 Å². The van der Waals surface area contributed by atoms with Crippen LogP contribution < -0.4 is 0 Å². The van der Waals surface area contributed by atoms with Gasteiger partial charge in [0.25, 0.3) is 0 Å². The second kappa shape index (κ2) is 8.94. The molecule has 5 heteroatoms. The quantitative estimate of drug-likeness (QED) is 0.440. The van der Waals surface area contributed by atoms with E-state index in [9.17, 15) is 14.4 Å². The maximum Gasteiger partial charge on any atom is 0.337 e. The predicted molar refractivity (Wildman–Crippen MR) is 103 cm³/mol. The molecule has 0 fully saturated rings. The number of rotatable bonds is 6. The van der Waals surface area contributed by atoms with Gasteiger partial charge >= 0.3 is 11.9 Å². The molecule has 2 aromatic rings. The minimum absolute atomic E-state index is 0.248. The Bertz CT molecular complexity index is 878. The van der Waals surface area contributed by atoms with Gasteiger partial charge in [0.15, 0.2) is 6.10 Å². The van der Waals surface area contributed by atoms with E-state index in [0.29, 0.717) is 16.7 Å². The number of Topliss-reactive ketones (excluding diaryl/α,β-unsaturated/α-hetero) is 1. The number of esters is 2. The first-order valence-electron chi connectivity index (χ1n) is 8.50. The van der Waals surface area contributed by atoms with E-state index in [2.05, 4.69) is 4.74 Å². The molecule has 0 heterocycles. The van der Waals surface area contributed by atoms with Crippen LogP contribution in [-0.4, -0.2) is 30.9 Å². The van der Waals surface area contributed by atoms with Gasteiger partial charge in [-0.1, -0.05) is 24.3 Å². The Hall–Kier alpha value is -3.21. The number of aryl methyl sites for hydroxylation is 2. The lowest BCUT2D eigenvalue weighted by Crippen LogP contribution is -2.23. The summed E-state index contributed by atoms with van der Waals surface area (Å²) in [6.07, 6.45) is 1.92. The Kier molecular flexibility index (Phi) is 6.66. The number of ether oxygens (including phenoxy) is 2. The number of carbonyl (C=O) groups excluding carboxylic acids is 3. The van der Waals surface area contributed by atoms with Crippen LogP contribution in [0.5, 0.6) is 0 Å². The van der Waals surface area contributed by atoms with Crippen molar-refractivity contribution in [3.63, 3.8) is 0 Å². The summed E-state index contributed by atoms with van der Waals surface area (Å²) in [7, 11) is 1.31. The minimum Gasteiger partial charge on any atom is -0.465 e. The van der Waals surface area contributed by atoms with Gasteiger partial charge in [-0.25, -0.2) is 9.59 Å². The molecule has 0 aliphatic heterocycles. The molecule has 27 heavy (non-hydrogen) atoms. The molecule has 0 saturated carbocycles. The number of hydrogen-bond donors (Lipinski definition) is 0. The maximum atomic E-state index is 12.4. The molecule has 0 N–H and O–H groups in total. The lowest BCUT2D eigenvalue weighted by atomic mass is 10.0. The van der Waals surface area contributed by atoms with Crippen LogP contribution in [0.4, 0.5) is 0 Å². The van der Waals surface area contributed by atoms with Crippen molar-refractivity contribution in [2.45, 2.75) is 26.9 Å². The van der Waals surface area contributed by atoms with Crippen LogP contribution in [-0.2, 0) is 14.3 Å². The first-order valence-corrected chi connectivity index (χ1v) is 8.50. The van der Waals surface area contributed by atoms with Gasteiger partial charge in [-0.15, -0.1) is 0 Å². The molecule has 0 amide bonds. The van der Waals surface area contributed by atoms with Crippen molar-refractivity contribution in [2.24, 2.45) is 0 Å². The van der Waals surface area contributed by atoms with Crippen molar-refractivity contribution in [1.82, 2.24) is 0 Å². The molecule has 0 radical (unpaired) electrons. The van der Waals surface area contributed by atoms with E-state index < -0.39 is 18.0 Å². The fourth-order valence-electron chi connectivity index (χ4n) is 2.41. The molecule has 5 nitrogen and oxygen atoms in total. The van der Waals surface area contributed by atoms with Crippen molar-refractivity contribution in [1.29, 1.82) is 0 Å². The minimum atomic E-state index is -0.883. The monoisotopic (exact) mass is 366 g/mol. The maximum absolute atomic E-state index is 12.4. The summed E-state index contributed by atoms with van der Waals surface area (Å²) in [5.41, 5.74) is 3.75. The van der Waals surface area contributed by atoms with Gasteiger partial charge in [0.05, 0.1) is 12.7 Å². The predicted octanol–water partition coefficient (Wildman–Crippen LogP) is 3.92. The van der Waals surface area contributed by atoms with Gasteiger partial charge in [-0.3, -0.25) is 4.79 Å². The summed E-state index contributed by atoms with van der Waals surface area (Å²) >= 11 is 0. The molecule has 0 bridgehead atoms. The standard InChI is InChI=1S/C22H22O5/c1-14-5-9-19(13-15(14)2)21(24)16(3)27-20(23)12-8-17-6-10-18(11-7-17)22(25)26-4/h5-13,16H,1-4H3/b12-8+. The van der Waals surface area contributed by atoms with Crippen molar-refractivity contribution in [3.8, 4) is 0 Å². The highest BCUT2D eigenvalue weighted by atomic mass is 16.5. The second-order valence-corrected chi connectivity index (χ2v) is 6.19. The van der Waals surface area contributed by atoms with Gasteiger partial charge in [-0.05, 0) is 61.7 Å². The molecule has 0 aliphatic rings. The number of hydrogen-bond acceptors (Lipinski definition) is 5. The van der Waals surface area contributed by atoms with Crippen molar-refractivity contribution in [2.75, 3.05) is 7.11 Å². The molecule has 2 rings (SSSR count). The average Bonchev–Trinajstić information content (AvgIpc) is 2.67. The van der Waals surface area contributed by atoms with E-state index in [1.54, 1.807) is 49.4 Å². The Morgan fingerprint density at radius 3 is 2.15 bits per heavy atom. The third kappa shape index (κ3) is 5.38. The Morgan fingerprint density at radius 2 is 1.56 bits per heavy atom. The molecular formula is C22H22O5. The second-order valence-electron chi connectivity index (χ2n) is 6.19. The molecule has 0 saturated heterocycles. The van der Waals surface area contributed by atoms with Crippen molar-refractivity contribution >= 4 is 23.8 Å². The smallest absolute Gasteiger partial charge is 0.337 e. The summed E-state index contributed by atoms with van der Waals surface area (Å²) in [6.45, 7) is 5.45. The zero-order valence-corrected chi connectivity index (χ0v) is 15.8. The highest BCUT2D eigenvalue weighted by molar-refractivity contribution is 6.01. The average molecular weight is 366 g/mol. The zero-order chi connectivity index (χ0) is 20.0. The number of carbonyl (C=O) groups is 3. The molecule has 1 atom stereocenters. The van der Waals surface area contributed by atoms with Crippen molar-refractivity contribution < 1.29 is 23.9 Å². The molecular weight excluding hydrogens is 344 g/mol. The van der Waals surface area contributed by atoms with Crippen LogP contribution in [0.25, 0.3) is 6.08 Å². The highest BCUT2D eigenvalue weighted by Gasteiger charge is 2.18. The van der Waals surface area contributed by atoms with Crippen molar-refractivity contribution in [3.05, 3.63) is 76.4 Å². The largest absolute Gasteiger partial charge is 0.465 e. The van der Waals surface area contributed by atoms with E-state index in [1.807, 2.05) is 19.9 Å². The number of methoxy groups -OCH3 is 1.